The summed E-state index contributed by atoms with van der Waals surface area (Å²) in [7, 11) is 1.97. The van der Waals surface area contributed by atoms with Crippen molar-refractivity contribution < 1.29 is 5.11 Å². The fourth-order valence-corrected chi connectivity index (χ4v) is 2.27. The largest absolute Gasteiger partial charge is 0.396 e. The summed E-state index contributed by atoms with van der Waals surface area (Å²) < 4.78 is 1.92. The van der Waals surface area contributed by atoms with Crippen molar-refractivity contribution in [2.75, 3.05) is 6.61 Å². The summed E-state index contributed by atoms with van der Waals surface area (Å²) in [5, 5.41) is 18.2. The number of aromatic nitrogens is 2. The predicted molar refractivity (Wildman–Crippen MR) is 73.3 cm³/mol. The van der Waals surface area contributed by atoms with Crippen LogP contribution in [0.25, 0.3) is 10.9 Å². The van der Waals surface area contributed by atoms with E-state index in [1.165, 1.54) is 5.39 Å². The molecule has 0 aliphatic carbocycles. The Kier molecular flexibility index (Phi) is 4.33. The molecule has 0 aliphatic rings. The Bertz CT molecular complexity index is 507. The van der Waals surface area contributed by atoms with Gasteiger partial charge in [-0.2, -0.15) is 5.10 Å². The molecule has 2 N–H and O–H groups in total. The Morgan fingerprint density at radius 1 is 1.39 bits per heavy atom. The van der Waals surface area contributed by atoms with Crippen LogP contribution in [0.3, 0.4) is 0 Å². The van der Waals surface area contributed by atoms with Gasteiger partial charge >= 0.3 is 0 Å². The quantitative estimate of drug-likeness (QED) is 0.818. The molecule has 1 unspecified atom stereocenters. The number of nitrogens with one attached hydrogen (secondary N) is 1. The second kappa shape index (κ2) is 5.98. The molecule has 1 aromatic heterocycles. The van der Waals surface area contributed by atoms with E-state index in [0.29, 0.717) is 6.04 Å². The van der Waals surface area contributed by atoms with Crippen LogP contribution in [0.15, 0.2) is 24.3 Å². The first-order valence-electron chi connectivity index (χ1n) is 6.51. The first-order valence-corrected chi connectivity index (χ1v) is 6.51. The normalized spacial score (nSPS) is 13.1. The minimum absolute atomic E-state index is 0.231. The standard InChI is InChI=1S/C14H21N3O/c1-3-11(8-9-18)15-10-13-12-6-4-5-7-14(12)17(2)16-13/h4-7,11,15,18H,3,8-10H2,1-2H3. The number of hydrogen-bond acceptors (Lipinski definition) is 3. The molecular weight excluding hydrogens is 226 g/mol. The number of fused-ring (bicyclic) bond motifs is 1. The topological polar surface area (TPSA) is 50.1 Å². The lowest BCUT2D eigenvalue weighted by Crippen LogP contribution is -2.29. The van der Waals surface area contributed by atoms with Crippen molar-refractivity contribution >= 4 is 10.9 Å². The number of benzene rings is 1. The van der Waals surface area contributed by atoms with Crippen molar-refractivity contribution in [3.63, 3.8) is 0 Å². The van der Waals surface area contributed by atoms with E-state index in [-0.39, 0.29) is 6.61 Å². The summed E-state index contributed by atoms with van der Waals surface area (Å²) >= 11 is 0. The van der Waals surface area contributed by atoms with E-state index in [4.69, 9.17) is 5.11 Å². The van der Waals surface area contributed by atoms with Crippen molar-refractivity contribution in [2.45, 2.75) is 32.4 Å². The summed E-state index contributed by atoms with van der Waals surface area (Å²) in [6.07, 6.45) is 1.81. The summed E-state index contributed by atoms with van der Waals surface area (Å²) in [5.74, 6) is 0. The smallest absolute Gasteiger partial charge is 0.0841 e. The molecule has 0 aliphatic heterocycles. The van der Waals surface area contributed by atoms with Crippen molar-refractivity contribution in [1.82, 2.24) is 15.1 Å². The van der Waals surface area contributed by atoms with Gasteiger partial charge in [0.05, 0.1) is 11.2 Å². The molecule has 18 heavy (non-hydrogen) atoms. The van der Waals surface area contributed by atoms with Crippen LogP contribution in [0.2, 0.25) is 0 Å². The maximum absolute atomic E-state index is 8.98. The van der Waals surface area contributed by atoms with E-state index in [9.17, 15) is 0 Å². The molecule has 0 spiro atoms. The lowest BCUT2D eigenvalue weighted by molar-refractivity contribution is 0.262. The molecule has 4 heteroatoms. The number of aryl methyl sites for hydroxylation is 1. The Balaban J connectivity index is 2.12. The van der Waals surface area contributed by atoms with Gasteiger partial charge in [-0.15, -0.1) is 0 Å². The molecule has 1 atom stereocenters. The van der Waals surface area contributed by atoms with Gasteiger partial charge in [-0.25, -0.2) is 0 Å². The van der Waals surface area contributed by atoms with Gasteiger partial charge in [-0.05, 0) is 18.9 Å². The first kappa shape index (κ1) is 13.1. The summed E-state index contributed by atoms with van der Waals surface area (Å²) in [6, 6.07) is 8.61. The molecule has 98 valence electrons. The molecule has 4 nitrogen and oxygen atoms in total. The van der Waals surface area contributed by atoms with E-state index in [0.717, 1.165) is 30.6 Å². The lowest BCUT2D eigenvalue weighted by Gasteiger charge is -2.14. The molecule has 0 bridgehead atoms. The number of nitrogens with zero attached hydrogens (tertiary/aromatic N) is 2. The third-order valence-corrected chi connectivity index (χ3v) is 3.36. The Morgan fingerprint density at radius 3 is 2.89 bits per heavy atom. The monoisotopic (exact) mass is 247 g/mol. The van der Waals surface area contributed by atoms with Crippen molar-refractivity contribution in [1.29, 1.82) is 0 Å². The van der Waals surface area contributed by atoms with Gasteiger partial charge in [0, 0.05) is 31.6 Å². The van der Waals surface area contributed by atoms with E-state index in [1.807, 2.05) is 23.9 Å². The van der Waals surface area contributed by atoms with E-state index >= 15 is 0 Å². The number of para-hydroxylation sites is 1. The maximum atomic E-state index is 8.98. The van der Waals surface area contributed by atoms with Gasteiger partial charge in [-0.1, -0.05) is 25.1 Å². The van der Waals surface area contributed by atoms with E-state index in [1.54, 1.807) is 0 Å². The molecule has 0 fully saturated rings. The average molecular weight is 247 g/mol. The van der Waals surface area contributed by atoms with Gasteiger partial charge in [0.25, 0.3) is 0 Å². The molecule has 0 amide bonds. The van der Waals surface area contributed by atoms with Crippen LogP contribution in [-0.2, 0) is 13.6 Å². The first-order chi connectivity index (χ1) is 8.76. The minimum Gasteiger partial charge on any atom is -0.396 e. The highest BCUT2D eigenvalue weighted by Gasteiger charge is 2.10. The maximum Gasteiger partial charge on any atom is 0.0841 e. The molecule has 1 aromatic carbocycles. The predicted octanol–water partition coefficient (Wildman–Crippen LogP) is 1.82. The van der Waals surface area contributed by atoms with E-state index < -0.39 is 0 Å². The highest BCUT2D eigenvalue weighted by molar-refractivity contribution is 5.81. The molecule has 0 radical (unpaired) electrons. The Morgan fingerprint density at radius 2 is 2.17 bits per heavy atom. The number of rotatable bonds is 6. The summed E-state index contributed by atoms with van der Waals surface area (Å²) in [5.41, 5.74) is 2.23. The van der Waals surface area contributed by atoms with Gasteiger partial charge in [0.1, 0.15) is 0 Å². The van der Waals surface area contributed by atoms with Gasteiger partial charge in [0.2, 0.25) is 0 Å². The van der Waals surface area contributed by atoms with Gasteiger partial charge in [0.15, 0.2) is 0 Å². The molecule has 0 saturated heterocycles. The van der Waals surface area contributed by atoms with Crippen molar-refractivity contribution in [3.8, 4) is 0 Å². The van der Waals surface area contributed by atoms with Crippen molar-refractivity contribution in [3.05, 3.63) is 30.0 Å². The zero-order valence-electron chi connectivity index (χ0n) is 11.1. The third kappa shape index (κ3) is 2.71. The van der Waals surface area contributed by atoms with Gasteiger partial charge in [-0.3, -0.25) is 4.68 Å². The van der Waals surface area contributed by atoms with Crippen LogP contribution >= 0.6 is 0 Å². The Hall–Kier alpha value is -1.39. The molecule has 1 heterocycles. The third-order valence-electron chi connectivity index (χ3n) is 3.36. The average Bonchev–Trinajstić information content (AvgIpc) is 2.72. The second-order valence-electron chi connectivity index (χ2n) is 4.59. The molecule has 2 rings (SSSR count). The summed E-state index contributed by atoms with van der Waals surface area (Å²) in [6.45, 7) is 3.11. The Labute approximate surface area is 108 Å². The number of aliphatic hydroxyl groups is 1. The highest BCUT2D eigenvalue weighted by Crippen LogP contribution is 2.17. The number of hydrogen-bond donors (Lipinski definition) is 2. The van der Waals surface area contributed by atoms with Crippen LogP contribution < -0.4 is 5.32 Å². The van der Waals surface area contributed by atoms with Crippen LogP contribution in [0.4, 0.5) is 0 Å². The SMILES string of the molecule is CCC(CCO)NCc1nn(C)c2ccccc12. The fourth-order valence-electron chi connectivity index (χ4n) is 2.27. The zero-order valence-corrected chi connectivity index (χ0v) is 11.1. The second-order valence-corrected chi connectivity index (χ2v) is 4.59. The van der Waals surface area contributed by atoms with Gasteiger partial charge < -0.3 is 10.4 Å². The molecular formula is C14H21N3O. The minimum atomic E-state index is 0.231. The van der Waals surface area contributed by atoms with Crippen LogP contribution in [0.5, 0.6) is 0 Å². The fraction of sp³-hybridized carbons (Fsp3) is 0.500. The molecule has 0 saturated carbocycles. The van der Waals surface area contributed by atoms with E-state index in [2.05, 4.69) is 29.5 Å². The van der Waals surface area contributed by atoms with Crippen molar-refractivity contribution in [2.24, 2.45) is 7.05 Å². The lowest BCUT2D eigenvalue weighted by atomic mass is 10.1. The van der Waals surface area contributed by atoms with Crippen LogP contribution in [0, 0.1) is 0 Å². The zero-order chi connectivity index (χ0) is 13.0. The molecule has 2 aromatic rings. The van der Waals surface area contributed by atoms with Crippen LogP contribution in [0.1, 0.15) is 25.5 Å². The summed E-state index contributed by atoms with van der Waals surface area (Å²) in [4.78, 5) is 0. The van der Waals surface area contributed by atoms with Crippen LogP contribution in [-0.4, -0.2) is 27.5 Å². The number of aliphatic hydroxyl groups excluding tert-OH is 1. The highest BCUT2D eigenvalue weighted by atomic mass is 16.3.